The van der Waals surface area contributed by atoms with E-state index < -0.39 is 30.1 Å². The molecule has 1 aromatic carbocycles. The third-order valence-corrected chi connectivity index (χ3v) is 3.35. The summed E-state index contributed by atoms with van der Waals surface area (Å²) in [4.78, 5) is 23.1. The van der Waals surface area contributed by atoms with Crippen LogP contribution in [-0.2, 0) is 14.2 Å². The standard InChI is InChI=1S/C17H24N2O6/c1-17(2,3)25-15(20)19-10-14-13(23-16(21)24-14)9-18-11-5-7-12(22-4)8-6-11/h5-8,13-14,18H,9-10H2,1-4H3,(H,19,20)/t13-,14-/m1/s1. The predicted molar refractivity (Wildman–Crippen MR) is 90.9 cm³/mol. The average Bonchev–Trinajstić information content (AvgIpc) is 2.90. The van der Waals surface area contributed by atoms with Crippen LogP contribution in [0.15, 0.2) is 24.3 Å². The lowest BCUT2D eigenvalue weighted by atomic mass is 10.2. The first-order valence-electron chi connectivity index (χ1n) is 7.99. The molecule has 2 rings (SSSR count). The van der Waals surface area contributed by atoms with Gasteiger partial charge in [0.2, 0.25) is 0 Å². The van der Waals surface area contributed by atoms with E-state index >= 15 is 0 Å². The molecule has 2 atom stereocenters. The summed E-state index contributed by atoms with van der Waals surface area (Å²) in [7, 11) is 1.60. The van der Waals surface area contributed by atoms with Gasteiger partial charge in [-0.15, -0.1) is 0 Å². The number of benzene rings is 1. The number of amides is 1. The minimum Gasteiger partial charge on any atom is -0.497 e. The highest BCUT2D eigenvalue weighted by Gasteiger charge is 2.37. The summed E-state index contributed by atoms with van der Waals surface area (Å²) in [6.07, 6.45) is -2.44. The maximum Gasteiger partial charge on any atom is 0.509 e. The van der Waals surface area contributed by atoms with E-state index in [1.54, 1.807) is 27.9 Å². The van der Waals surface area contributed by atoms with Crippen LogP contribution in [0.3, 0.4) is 0 Å². The molecule has 1 heterocycles. The van der Waals surface area contributed by atoms with Crippen LogP contribution < -0.4 is 15.4 Å². The van der Waals surface area contributed by atoms with Crippen LogP contribution in [0.4, 0.5) is 15.3 Å². The fraction of sp³-hybridized carbons (Fsp3) is 0.529. The molecule has 2 N–H and O–H groups in total. The van der Waals surface area contributed by atoms with Crippen LogP contribution in [0.1, 0.15) is 20.8 Å². The molecule has 1 aliphatic heterocycles. The number of carbonyl (C=O) groups excluding carboxylic acids is 2. The smallest absolute Gasteiger partial charge is 0.497 e. The molecule has 25 heavy (non-hydrogen) atoms. The Morgan fingerprint density at radius 2 is 1.72 bits per heavy atom. The molecular weight excluding hydrogens is 328 g/mol. The number of alkyl carbamates (subject to hydrolysis) is 1. The number of methoxy groups -OCH3 is 1. The summed E-state index contributed by atoms with van der Waals surface area (Å²) in [6.45, 7) is 5.76. The van der Waals surface area contributed by atoms with E-state index in [-0.39, 0.29) is 6.54 Å². The lowest BCUT2D eigenvalue weighted by molar-refractivity contribution is 0.0488. The van der Waals surface area contributed by atoms with Crippen molar-refractivity contribution in [3.63, 3.8) is 0 Å². The van der Waals surface area contributed by atoms with Crippen molar-refractivity contribution in [3.8, 4) is 5.75 Å². The fourth-order valence-electron chi connectivity index (χ4n) is 2.20. The zero-order valence-corrected chi connectivity index (χ0v) is 14.8. The van der Waals surface area contributed by atoms with Gasteiger partial charge in [0.05, 0.1) is 20.2 Å². The van der Waals surface area contributed by atoms with Crippen molar-refractivity contribution in [2.75, 3.05) is 25.5 Å². The topological polar surface area (TPSA) is 95.1 Å². The Labute approximate surface area is 146 Å². The Morgan fingerprint density at radius 1 is 1.12 bits per heavy atom. The van der Waals surface area contributed by atoms with Gasteiger partial charge in [0.1, 0.15) is 11.4 Å². The summed E-state index contributed by atoms with van der Waals surface area (Å²) in [5, 5.41) is 5.74. The fourth-order valence-corrected chi connectivity index (χ4v) is 2.20. The molecule has 0 spiro atoms. The van der Waals surface area contributed by atoms with Crippen LogP contribution in [0, 0.1) is 0 Å². The van der Waals surface area contributed by atoms with E-state index in [1.807, 2.05) is 24.3 Å². The average molecular weight is 352 g/mol. The molecule has 0 saturated carbocycles. The Kier molecular flexibility index (Phi) is 5.95. The highest BCUT2D eigenvalue weighted by Crippen LogP contribution is 2.18. The second-order valence-electron chi connectivity index (χ2n) is 6.55. The van der Waals surface area contributed by atoms with Crippen molar-refractivity contribution in [2.45, 2.75) is 38.6 Å². The Morgan fingerprint density at radius 3 is 2.28 bits per heavy atom. The van der Waals surface area contributed by atoms with Crippen LogP contribution in [0.2, 0.25) is 0 Å². The van der Waals surface area contributed by atoms with Crippen LogP contribution in [0.5, 0.6) is 5.75 Å². The number of cyclic esters (lactones) is 2. The molecule has 1 saturated heterocycles. The quantitative estimate of drug-likeness (QED) is 0.760. The molecule has 0 aliphatic carbocycles. The Balaban J connectivity index is 1.83. The molecular formula is C17H24N2O6. The largest absolute Gasteiger partial charge is 0.509 e. The molecule has 8 nitrogen and oxygen atoms in total. The van der Waals surface area contributed by atoms with Crippen LogP contribution in [0.25, 0.3) is 0 Å². The number of anilines is 1. The molecule has 1 fully saturated rings. The van der Waals surface area contributed by atoms with Crippen molar-refractivity contribution in [1.29, 1.82) is 0 Å². The van der Waals surface area contributed by atoms with Crippen molar-refractivity contribution < 1.29 is 28.5 Å². The van der Waals surface area contributed by atoms with Gasteiger partial charge >= 0.3 is 12.2 Å². The number of nitrogens with one attached hydrogen (secondary N) is 2. The van der Waals surface area contributed by atoms with Gasteiger partial charge in [-0.2, -0.15) is 0 Å². The van der Waals surface area contributed by atoms with E-state index in [1.165, 1.54) is 0 Å². The Bertz CT molecular complexity index is 596. The Hall–Kier alpha value is -2.64. The molecule has 138 valence electrons. The molecule has 1 aliphatic rings. The van der Waals surface area contributed by atoms with E-state index in [0.29, 0.717) is 6.54 Å². The van der Waals surface area contributed by atoms with Crippen molar-refractivity contribution in [1.82, 2.24) is 5.32 Å². The second kappa shape index (κ2) is 7.96. The van der Waals surface area contributed by atoms with Crippen LogP contribution >= 0.6 is 0 Å². The number of carbonyl (C=O) groups is 2. The lowest BCUT2D eigenvalue weighted by Crippen LogP contribution is -2.42. The van der Waals surface area contributed by atoms with E-state index in [2.05, 4.69) is 10.6 Å². The number of hydrogen-bond acceptors (Lipinski definition) is 7. The highest BCUT2D eigenvalue weighted by atomic mass is 16.8. The maximum absolute atomic E-state index is 11.7. The normalized spacial score (nSPS) is 19.6. The highest BCUT2D eigenvalue weighted by molar-refractivity contribution is 5.68. The minimum atomic E-state index is -0.752. The molecule has 8 heteroatoms. The zero-order valence-electron chi connectivity index (χ0n) is 14.8. The first-order valence-corrected chi connectivity index (χ1v) is 7.99. The SMILES string of the molecule is COc1ccc(NC[C@H]2OC(=O)O[C@@H]2CNC(=O)OC(C)(C)C)cc1. The first kappa shape index (κ1) is 18.7. The van der Waals surface area contributed by atoms with Crippen molar-refractivity contribution >= 4 is 17.9 Å². The first-order chi connectivity index (χ1) is 11.8. The van der Waals surface area contributed by atoms with Gasteiger partial charge < -0.3 is 29.6 Å². The minimum absolute atomic E-state index is 0.107. The molecule has 0 aromatic heterocycles. The predicted octanol–water partition coefficient (Wildman–Crippen LogP) is 2.54. The van der Waals surface area contributed by atoms with Gasteiger partial charge in [-0.25, -0.2) is 9.59 Å². The number of ether oxygens (including phenoxy) is 4. The second-order valence-corrected chi connectivity index (χ2v) is 6.55. The summed E-state index contributed by atoms with van der Waals surface area (Å²) in [5.41, 5.74) is 0.255. The van der Waals surface area contributed by atoms with E-state index in [0.717, 1.165) is 11.4 Å². The lowest BCUT2D eigenvalue weighted by Gasteiger charge is -2.21. The van der Waals surface area contributed by atoms with Crippen LogP contribution in [-0.4, -0.2) is 50.3 Å². The van der Waals surface area contributed by atoms with Gasteiger partial charge in [0.25, 0.3) is 0 Å². The van der Waals surface area contributed by atoms with Crippen molar-refractivity contribution in [2.24, 2.45) is 0 Å². The maximum atomic E-state index is 11.7. The summed E-state index contributed by atoms with van der Waals surface area (Å²) in [5.74, 6) is 0.751. The zero-order chi connectivity index (χ0) is 18.4. The summed E-state index contributed by atoms with van der Waals surface area (Å²) >= 11 is 0. The van der Waals surface area contributed by atoms with Gasteiger partial charge in [-0.3, -0.25) is 0 Å². The molecule has 0 bridgehead atoms. The summed E-state index contributed by atoms with van der Waals surface area (Å²) < 4.78 is 20.5. The number of hydrogen-bond donors (Lipinski definition) is 2. The molecule has 0 radical (unpaired) electrons. The van der Waals surface area contributed by atoms with E-state index in [9.17, 15) is 9.59 Å². The molecule has 0 unspecified atom stereocenters. The molecule has 1 amide bonds. The van der Waals surface area contributed by atoms with Gasteiger partial charge in [0.15, 0.2) is 12.2 Å². The third-order valence-electron chi connectivity index (χ3n) is 3.35. The third kappa shape index (κ3) is 6.06. The number of rotatable bonds is 6. The van der Waals surface area contributed by atoms with Gasteiger partial charge in [-0.05, 0) is 45.0 Å². The molecule has 1 aromatic rings. The van der Waals surface area contributed by atoms with Gasteiger partial charge in [-0.1, -0.05) is 0 Å². The van der Waals surface area contributed by atoms with E-state index in [4.69, 9.17) is 18.9 Å². The monoisotopic (exact) mass is 352 g/mol. The summed E-state index contributed by atoms with van der Waals surface area (Å²) in [6, 6.07) is 7.34. The van der Waals surface area contributed by atoms with Crippen molar-refractivity contribution in [3.05, 3.63) is 24.3 Å². The van der Waals surface area contributed by atoms with Gasteiger partial charge in [0, 0.05) is 5.69 Å².